The van der Waals surface area contributed by atoms with Crippen LogP contribution in [0.2, 0.25) is 0 Å². The van der Waals surface area contributed by atoms with Crippen molar-refractivity contribution in [3.05, 3.63) is 29.8 Å². The van der Waals surface area contributed by atoms with E-state index in [1.807, 2.05) is 24.3 Å². The molecule has 1 aromatic carbocycles. The monoisotopic (exact) mass is 500 g/mol. The van der Waals surface area contributed by atoms with Crippen molar-refractivity contribution in [2.24, 2.45) is 17.3 Å². The van der Waals surface area contributed by atoms with Gasteiger partial charge in [-0.25, -0.2) is 0 Å². The van der Waals surface area contributed by atoms with Crippen molar-refractivity contribution in [2.75, 3.05) is 40.0 Å². The second kappa shape index (κ2) is 11.7. The fourth-order valence-electron chi connectivity index (χ4n) is 8.57. The van der Waals surface area contributed by atoms with Crippen molar-refractivity contribution in [3.8, 4) is 5.75 Å². The van der Waals surface area contributed by atoms with E-state index in [0.717, 1.165) is 50.2 Å². The maximum atomic E-state index is 11.1. The molecule has 1 aromatic rings. The van der Waals surface area contributed by atoms with Crippen LogP contribution in [-0.4, -0.2) is 72.8 Å². The Morgan fingerprint density at radius 3 is 2.42 bits per heavy atom. The smallest absolute Gasteiger partial charge is 0.118 e. The normalized spacial score (nSPS) is 36.4. The van der Waals surface area contributed by atoms with Gasteiger partial charge < -0.3 is 25.0 Å². The topological polar surface area (TPSA) is 74.2 Å². The summed E-state index contributed by atoms with van der Waals surface area (Å²) in [5.74, 6) is 1.87. The number of benzene rings is 1. The zero-order valence-electron chi connectivity index (χ0n) is 22.3. The SMILES string of the molecule is COc1ccc(CO[C@H](CO)[C@]23NC[C@@H]4C[C@@]5(CO)CCCCCCCCCCN(CC[C@H]42)[C@@H]53)cc1. The van der Waals surface area contributed by atoms with Crippen molar-refractivity contribution < 1.29 is 19.7 Å². The zero-order chi connectivity index (χ0) is 25.0. The molecule has 3 heterocycles. The molecule has 4 aliphatic rings. The first-order chi connectivity index (χ1) is 17.7. The summed E-state index contributed by atoms with van der Waals surface area (Å²) in [6.07, 6.45) is 13.3. The second-order valence-electron chi connectivity index (χ2n) is 12.0. The zero-order valence-corrected chi connectivity index (χ0v) is 22.3. The predicted molar refractivity (Wildman–Crippen MR) is 142 cm³/mol. The third-order valence-corrected chi connectivity index (χ3v) is 10.1. The first-order valence-electron chi connectivity index (χ1n) is 14.6. The number of rotatable bonds is 7. The maximum absolute atomic E-state index is 11.1. The van der Waals surface area contributed by atoms with Gasteiger partial charge in [0.25, 0.3) is 0 Å². The Hall–Kier alpha value is -1.18. The molecule has 3 saturated heterocycles. The number of nitrogens with zero attached hydrogens (tertiary/aromatic N) is 1. The fraction of sp³-hybridized carbons (Fsp3) is 0.800. The number of methoxy groups -OCH3 is 1. The minimum atomic E-state index is -0.314. The average molecular weight is 501 g/mol. The Morgan fingerprint density at radius 1 is 1.00 bits per heavy atom. The maximum Gasteiger partial charge on any atom is 0.118 e. The van der Waals surface area contributed by atoms with Gasteiger partial charge in [-0.05, 0) is 74.8 Å². The van der Waals surface area contributed by atoms with Gasteiger partial charge in [-0.3, -0.25) is 4.90 Å². The van der Waals surface area contributed by atoms with Crippen LogP contribution in [0.15, 0.2) is 24.3 Å². The van der Waals surface area contributed by atoms with E-state index in [4.69, 9.17) is 9.47 Å². The summed E-state index contributed by atoms with van der Waals surface area (Å²) < 4.78 is 11.9. The Kier molecular flexibility index (Phi) is 8.58. The van der Waals surface area contributed by atoms with Crippen LogP contribution in [0.4, 0.5) is 0 Å². The van der Waals surface area contributed by atoms with Gasteiger partial charge in [0.1, 0.15) is 11.9 Å². The molecule has 0 aromatic heterocycles. The van der Waals surface area contributed by atoms with E-state index >= 15 is 0 Å². The molecule has 0 spiro atoms. The van der Waals surface area contributed by atoms with E-state index in [0.29, 0.717) is 18.4 Å². The van der Waals surface area contributed by atoms with Gasteiger partial charge in [0.2, 0.25) is 0 Å². The molecule has 3 aliphatic heterocycles. The van der Waals surface area contributed by atoms with Gasteiger partial charge in [0.05, 0.1) is 32.5 Å². The molecule has 6 nitrogen and oxygen atoms in total. The standard InChI is InChI=1S/C30H48N2O4/c1-35-25-12-10-23(11-13-25)21-36-27(20-33)30-26-14-17-32-16-9-7-5-3-2-4-6-8-15-29(22-34,28(30)32)18-24(26)19-31-30/h10-13,24,26-28,31,33-34H,2-9,14-22H2,1H3/t24-,26+,27+,28-,29+,30+/m0/s1. The van der Waals surface area contributed by atoms with Gasteiger partial charge in [0, 0.05) is 11.5 Å². The lowest BCUT2D eigenvalue weighted by atomic mass is 9.51. The highest BCUT2D eigenvalue weighted by molar-refractivity contribution is 5.28. The van der Waals surface area contributed by atoms with Crippen LogP contribution in [0.3, 0.4) is 0 Å². The second-order valence-corrected chi connectivity index (χ2v) is 12.0. The summed E-state index contributed by atoms with van der Waals surface area (Å²) >= 11 is 0. The average Bonchev–Trinajstić information content (AvgIpc) is 3.20. The molecule has 6 heteroatoms. The van der Waals surface area contributed by atoms with Crippen molar-refractivity contribution in [2.45, 2.75) is 94.9 Å². The summed E-state index contributed by atoms with van der Waals surface area (Å²) in [6.45, 7) is 3.86. The molecule has 0 amide bonds. The molecule has 5 rings (SSSR count). The summed E-state index contributed by atoms with van der Waals surface area (Å²) in [4.78, 5) is 2.71. The number of aliphatic hydroxyl groups is 2. The minimum absolute atomic E-state index is 0.00176. The molecule has 6 atom stereocenters. The Labute approximate surface area is 217 Å². The van der Waals surface area contributed by atoms with Crippen molar-refractivity contribution in [3.63, 3.8) is 0 Å². The van der Waals surface area contributed by atoms with Gasteiger partial charge in [-0.2, -0.15) is 0 Å². The number of aliphatic hydroxyl groups excluding tert-OH is 2. The molecule has 1 saturated carbocycles. The van der Waals surface area contributed by atoms with Gasteiger partial charge in [-0.15, -0.1) is 0 Å². The van der Waals surface area contributed by atoms with Crippen molar-refractivity contribution >= 4 is 0 Å². The lowest BCUT2D eigenvalue weighted by Gasteiger charge is -2.64. The molecule has 36 heavy (non-hydrogen) atoms. The van der Waals surface area contributed by atoms with E-state index in [-0.39, 0.29) is 36.3 Å². The van der Waals surface area contributed by atoms with E-state index in [2.05, 4.69) is 10.2 Å². The summed E-state index contributed by atoms with van der Waals surface area (Å²) in [5.41, 5.74) is 0.645. The molecule has 0 radical (unpaired) electrons. The fourth-order valence-corrected chi connectivity index (χ4v) is 8.57. The molecular formula is C30H48N2O4. The van der Waals surface area contributed by atoms with Crippen LogP contribution in [-0.2, 0) is 11.3 Å². The first kappa shape index (κ1) is 26.4. The summed E-state index contributed by atoms with van der Waals surface area (Å²) in [5, 5.41) is 25.9. The van der Waals surface area contributed by atoms with Crippen LogP contribution < -0.4 is 10.1 Å². The number of ether oxygens (including phenoxy) is 2. The van der Waals surface area contributed by atoms with E-state index in [1.54, 1.807) is 7.11 Å². The van der Waals surface area contributed by atoms with Gasteiger partial charge in [0.15, 0.2) is 0 Å². The largest absolute Gasteiger partial charge is 0.497 e. The lowest BCUT2D eigenvalue weighted by molar-refractivity contribution is -0.179. The first-order valence-corrected chi connectivity index (χ1v) is 14.6. The molecule has 202 valence electrons. The van der Waals surface area contributed by atoms with E-state index in [9.17, 15) is 10.2 Å². The lowest BCUT2D eigenvalue weighted by Crippen LogP contribution is -2.78. The van der Waals surface area contributed by atoms with Crippen LogP contribution in [0.5, 0.6) is 5.75 Å². The Bertz CT molecular complexity index is 835. The highest BCUT2D eigenvalue weighted by Gasteiger charge is 2.69. The van der Waals surface area contributed by atoms with Crippen LogP contribution >= 0.6 is 0 Å². The quantitative estimate of drug-likeness (QED) is 0.523. The predicted octanol–water partition coefficient (Wildman–Crippen LogP) is 4.13. The van der Waals surface area contributed by atoms with E-state index in [1.165, 1.54) is 51.4 Å². The molecular weight excluding hydrogens is 452 g/mol. The highest BCUT2D eigenvalue weighted by atomic mass is 16.5. The Morgan fingerprint density at radius 2 is 1.72 bits per heavy atom. The van der Waals surface area contributed by atoms with E-state index < -0.39 is 0 Å². The third-order valence-electron chi connectivity index (χ3n) is 10.1. The Balaban J connectivity index is 1.46. The molecule has 4 fully saturated rings. The molecule has 1 aliphatic carbocycles. The van der Waals surface area contributed by atoms with Gasteiger partial charge in [-0.1, -0.05) is 57.1 Å². The van der Waals surface area contributed by atoms with Crippen molar-refractivity contribution in [1.29, 1.82) is 0 Å². The van der Waals surface area contributed by atoms with Crippen molar-refractivity contribution in [1.82, 2.24) is 10.2 Å². The van der Waals surface area contributed by atoms with Gasteiger partial charge >= 0.3 is 0 Å². The number of piperidine rings is 1. The third kappa shape index (κ3) is 4.84. The number of hydrogen-bond donors (Lipinski definition) is 3. The summed E-state index contributed by atoms with van der Waals surface area (Å²) in [6, 6.07) is 8.22. The van der Waals surface area contributed by atoms with Crippen LogP contribution in [0, 0.1) is 17.3 Å². The molecule has 0 unspecified atom stereocenters. The van der Waals surface area contributed by atoms with Crippen LogP contribution in [0.25, 0.3) is 0 Å². The number of nitrogens with one attached hydrogen (secondary N) is 1. The minimum Gasteiger partial charge on any atom is -0.497 e. The van der Waals surface area contributed by atoms with Crippen LogP contribution in [0.1, 0.15) is 76.2 Å². The molecule has 3 N–H and O–H groups in total. The molecule has 4 bridgehead atoms. The number of hydrogen-bond acceptors (Lipinski definition) is 6. The summed E-state index contributed by atoms with van der Waals surface area (Å²) in [7, 11) is 1.68. The highest BCUT2D eigenvalue weighted by Crippen LogP contribution is 2.59.